The highest BCUT2D eigenvalue weighted by molar-refractivity contribution is 6.36. The van der Waals surface area contributed by atoms with Crippen LogP contribution in [0.15, 0.2) is 60.7 Å². The molecule has 4 nitrogen and oxygen atoms in total. The highest BCUT2D eigenvalue weighted by atomic mass is 35.5. The molecule has 0 atom stereocenters. The first-order chi connectivity index (χ1) is 16.4. The van der Waals surface area contributed by atoms with Crippen molar-refractivity contribution in [1.29, 1.82) is 0 Å². The molecule has 0 radical (unpaired) electrons. The van der Waals surface area contributed by atoms with E-state index in [1.54, 1.807) is 49.4 Å². The van der Waals surface area contributed by atoms with Crippen LogP contribution in [0.1, 0.15) is 12.5 Å². The second-order valence-electron chi connectivity index (χ2n) is 7.14. The van der Waals surface area contributed by atoms with E-state index in [1.807, 2.05) is 0 Å². The standard InChI is InChI=1S/C25H17Cl3F2N2O2/c1-2-33-25-31-23(18-9-8-17(27)12-19(18)28)22(15-4-6-16(26)7-5-15)24(32-25)34-13-14-3-10-20(29)21(30)11-14/h3-12H,2,13H2,1H3. The average molecular weight is 522 g/mol. The third kappa shape index (κ3) is 5.41. The van der Waals surface area contributed by atoms with Crippen LogP contribution in [0.2, 0.25) is 15.1 Å². The van der Waals surface area contributed by atoms with Gasteiger partial charge in [-0.25, -0.2) is 8.78 Å². The summed E-state index contributed by atoms with van der Waals surface area (Å²) in [5.74, 6) is -1.73. The van der Waals surface area contributed by atoms with Crippen LogP contribution in [0, 0.1) is 11.6 Å². The molecule has 34 heavy (non-hydrogen) atoms. The molecule has 0 bridgehead atoms. The van der Waals surface area contributed by atoms with Gasteiger partial charge in [0.1, 0.15) is 6.61 Å². The molecule has 0 fully saturated rings. The van der Waals surface area contributed by atoms with Crippen LogP contribution < -0.4 is 9.47 Å². The molecule has 0 aliphatic carbocycles. The second kappa shape index (κ2) is 10.6. The van der Waals surface area contributed by atoms with Gasteiger partial charge < -0.3 is 9.47 Å². The molecule has 0 unspecified atom stereocenters. The van der Waals surface area contributed by atoms with Crippen LogP contribution in [0.25, 0.3) is 22.4 Å². The highest BCUT2D eigenvalue weighted by Crippen LogP contribution is 2.42. The van der Waals surface area contributed by atoms with Crippen molar-refractivity contribution >= 4 is 34.8 Å². The number of benzene rings is 3. The normalized spacial score (nSPS) is 10.9. The van der Waals surface area contributed by atoms with Gasteiger partial charge in [0.05, 0.1) is 22.9 Å². The van der Waals surface area contributed by atoms with Gasteiger partial charge in [-0.05, 0) is 60.5 Å². The molecule has 1 heterocycles. The maximum Gasteiger partial charge on any atom is 0.320 e. The second-order valence-corrected chi connectivity index (χ2v) is 8.42. The van der Waals surface area contributed by atoms with Gasteiger partial charge in [-0.15, -0.1) is 0 Å². The Hall–Kier alpha value is -2.93. The van der Waals surface area contributed by atoms with Crippen molar-refractivity contribution in [2.45, 2.75) is 13.5 Å². The van der Waals surface area contributed by atoms with Crippen molar-refractivity contribution in [3.8, 4) is 34.3 Å². The number of hydrogen-bond donors (Lipinski definition) is 0. The van der Waals surface area contributed by atoms with E-state index in [9.17, 15) is 8.78 Å². The molecule has 4 aromatic rings. The average Bonchev–Trinajstić information content (AvgIpc) is 2.80. The number of aromatic nitrogens is 2. The fourth-order valence-electron chi connectivity index (χ4n) is 3.25. The Bertz CT molecular complexity index is 1330. The molecule has 9 heteroatoms. The van der Waals surface area contributed by atoms with E-state index in [-0.39, 0.29) is 18.5 Å². The van der Waals surface area contributed by atoms with E-state index in [0.717, 1.165) is 12.1 Å². The lowest BCUT2D eigenvalue weighted by atomic mass is 10.00. The van der Waals surface area contributed by atoms with Crippen molar-refractivity contribution in [2.24, 2.45) is 0 Å². The summed E-state index contributed by atoms with van der Waals surface area (Å²) in [5, 5.41) is 1.39. The van der Waals surface area contributed by atoms with Crippen LogP contribution in [-0.2, 0) is 6.61 Å². The first-order valence-corrected chi connectivity index (χ1v) is 11.3. The largest absolute Gasteiger partial charge is 0.472 e. The van der Waals surface area contributed by atoms with Gasteiger partial charge in [0.25, 0.3) is 0 Å². The zero-order valence-electron chi connectivity index (χ0n) is 17.8. The lowest BCUT2D eigenvalue weighted by Crippen LogP contribution is -2.06. The minimum atomic E-state index is -0.967. The van der Waals surface area contributed by atoms with E-state index in [0.29, 0.717) is 49.6 Å². The summed E-state index contributed by atoms with van der Waals surface area (Å²) in [6.45, 7) is 2.04. The molecular weight excluding hydrogens is 505 g/mol. The Labute approximate surface area is 210 Å². The van der Waals surface area contributed by atoms with Crippen LogP contribution in [0.3, 0.4) is 0 Å². The molecule has 0 aliphatic rings. The lowest BCUT2D eigenvalue weighted by Gasteiger charge is -2.17. The van der Waals surface area contributed by atoms with Crippen molar-refractivity contribution in [1.82, 2.24) is 9.97 Å². The van der Waals surface area contributed by atoms with Crippen molar-refractivity contribution in [3.63, 3.8) is 0 Å². The van der Waals surface area contributed by atoms with E-state index in [2.05, 4.69) is 9.97 Å². The predicted octanol–water partition coefficient (Wildman–Crippen LogP) is 8.03. The van der Waals surface area contributed by atoms with E-state index in [1.165, 1.54) is 6.07 Å². The van der Waals surface area contributed by atoms with E-state index >= 15 is 0 Å². The molecule has 0 saturated carbocycles. The molecule has 1 aromatic heterocycles. The Balaban J connectivity index is 1.89. The maximum absolute atomic E-state index is 13.7. The molecule has 4 rings (SSSR count). The molecule has 0 spiro atoms. The van der Waals surface area contributed by atoms with Crippen molar-refractivity contribution < 1.29 is 18.3 Å². The fourth-order valence-corrected chi connectivity index (χ4v) is 3.88. The molecule has 0 aliphatic heterocycles. The summed E-state index contributed by atoms with van der Waals surface area (Å²) >= 11 is 18.7. The summed E-state index contributed by atoms with van der Waals surface area (Å²) in [6.07, 6.45) is 0. The summed E-state index contributed by atoms with van der Waals surface area (Å²) < 4.78 is 38.6. The van der Waals surface area contributed by atoms with Crippen LogP contribution >= 0.6 is 34.8 Å². The molecule has 0 N–H and O–H groups in total. The minimum absolute atomic E-state index is 0.0708. The summed E-state index contributed by atoms with van der Waals surface area (Å²) in [5.41, 5.74) is 2.67. The van der Waals surface area contributed by atoms with Crippen LogP contribution in [0.4, 0.5) is 8.78 Å². The van der Waals surface area contributed by atoms with E-state index in [4.69, 9.17) is 44.3 Å². The molecule has 174 valence electrons. The van der Waals surface area contributed by atoms with Gasteiger partial charge in [0.2, 0.25) is 5.88 Å². The first kappa shape index (κ1) is 24.2. The van der Waals surface area contributed by atoms with Gasteiger partial charge in [0.15, 0.2) is 11.6 Å². The topological polar surface area (TPSA) is 44.2 Å². The Morgan fingerprint density at radius 2 is 1.53 bits per heavy atom. The summed E-state index contributed by atoms with van der Waals surface area (Å²) in [7, 11) is 0. The minimum Gasteiger partial charge on any atom is -0.472 e. The lowest BCUT2D eigenvalue weighted by molar-refractivity contribution is 0.274. The quantitative estimate of drug-likeness (QED) is 0.247. The Kier molecular flexibility index (Phi) is 7.51. The predicted molar refractivity (Wildman–Crippen MR) is 130 cm³/mol. The van der Waals surface area contributed by atoms with Gasteiger partial charge in [-0.2, -0.15) is 9.97 Å². The molecule has 3 aromatic carbocycles. The maximum atomic E-state index is 13.7. The highest BCUT2D eigenvalue weighted by Gasteiger charge is 2.22. The van der Waals surface area contributed by atoms with E-state index < -0.39 is 11.6 Å². The van der Waals surface area contributed by atoms with Gasteiger partial charge in [0, 0.05) is 15.6 Å². The Morgan fingerprint density at radius 3 is 2.21 bits per heavy atom. The monoisotopic (exact) mass is 520 g/mol. The first-order valence-electron chi connectivity index (χ1n) is 10.2. The number of ether oxygens (including phenoxy) is 2. The zero-order valence-corrected chi connectivity index (χ0v) is 20.1. The molecule has 0 saturated heterocycles. The number of halogens is 5. The molecular formula is C25H17Cl3F2N2O2. The smallest absolute Gasteiger partial charge is 0.320 e. The van der Waals surface area contributed by atoms with Gasteiger partial charge in [-0.1, -0.05) is 53.0 Å². The number of rotatable bonds is 7. The van der Waals surface area contributed by atoms with Crippen LogP contribution in [0.5, 0.6) is 11.9 Å². The molecule has 0 amide bonds. The zero-order chi connectivity index (χ0) is 24.2. The van der Waals surface area contributed by atoms with Gasteiger partial charge in [-0.3, -0.25) is 0 Å². The number of hydrogen-bond acceptors (Lipinski definition) is 4. The SMILES string of the molecule is CCOc1nc(OCc2ccc(F)c(F)c2)c(-c2ccc(Cl)cc2)c(-c2ccc(Cl)cc2Cl)n1. The fraction of sp³-hybridized carbons (Fsp3) is 0.120. The third-order valence-electron chi connectivity index (χ3n) is 4.81. The third-order valence-corrected chi connectivity index (χ3v) is 5.61. The Morgan fingerprint density at radius 1 is 0.794 bits per heavy atom. The number of nitrogens with zero attached hydrogens (tertiary/aromatic N) is 2. The van der Waals surface area contributed by atoms with Crippen molar-refractivity contribution in [3.05, 3.63) is 92.9 Å². The van der Waals surface area contributed by atoms with Crippen molar-refractivity contribution in [2.75, 3.05) is 6.61 Å². The van der Waals surface area contributed by atoms with Crippen LogP contribution in [-0.4, -0.2) is 16.6 Å². The summed E-state index contributed by atoms with van der Waals surface area (Å²) in [4.78, 5) is 9.00. The van der Waals surface area contributed by atoms with Gasteiger partial charge >= 0.3 is 6.01 Å². The summed E-state index contributed by atoms with van der Waals surface area (Å²) in [6, 6.07) is 15.7.